The minimum absolute atomic E-state index is 0.366. The van der Waals surface area contributed by atoms with E-state index >= 15 is 0 Å². The van der Waals surface area contributed by atoms with Gasteiger partial charge in [-0.2, -0.15) is 26.3 Å². The minimum Gasteiger partial charge on any atom is -0.207 e. The monoisotopic (exact) mass is 368 g/mol. The highest BCUT2D eigenvalue weighted by molar-refractivity contribution is 5.46. The molecule has 0 atom stereocenters. The molecule has 0 N–H and O–H groups in total. The zero-order valence-corrected chi connectivity index (χ0v) is 13.0. The van der Waals surface area contributed by atoms with Crippen molar-refractivity contribution < 1.29 is 35.1 Å². The van der Waals surface area contributed by atoms with Crippen LogP contribution < -0.4 is 0 Å². The van der Waals surface area contributed by atoms with Gasteiger partial charge in [-0.3, -0.25) is 0 Å². The van der Waals surface area contributed by atoms with E-state index in [1.165, 1.54) is 0 Å². The molecule has 0 unspecified atom stereocenters. The first-order chi connectivity index (χ1) is 11.3. The van der Waals surface area contributed by atoms with E-state index in [0.717, 1.165) is 13.8 Å². The molecule has 0 aliphatic rings. The zero-order valence-electron chi connectivity index (χ0n) is 13.0. The Labute approximate surface area is 138 Å². The quantitative estimate of drug-likeness (QED) is 0.571. The summed E-state index contributed by atoms with van der Waals surface area (Å²) in [6.45, 7) is 2.12. The van der Waals surface area contributed by atoms with Crippen molar-refractivity contribution >= 4 is 0 Å². The fraction of sp³-hybridized carbons (Fsp3) is 0.294. The van der Waals surface area contributed by atoms with Crippen LogP contribution in [0.1, 0.15) is 22.3 Å². The summed E-state index contributed by atoms with van der Waals surface area (Å²) in [4.78, 5) is 0. The Balaban J connectivity index is 2.96. The Morgan fingerprint density at radius 1 is 0.600 bits per heavy atom. The highest BCUT2D eigenvalue weighted by Gasteiger charge is 2.72. The van der Waals surface area contributed by atoms with Gasteiger partial charge in [0.25, 0.3) is 0 Å². The molecule has 2 aromatic carbocycles. The Bertz CT molecular complexity index is 719. The summed E-state index contributed by atoms with van der Waals surface area (Å²) in [5.41, 5.74) is -7.50. The molecule has 0 radical (unpaired) electrons. The normalized spacial score (nSPS) is 13.2. The van der Waals surface area contributed by atoms with E-state index in [-0.39, 0.29) is 11.1 Å². The van der Waals surface area contributed by atoms with Gasteiger partial charge in [0.15, 0.2) is 0 Å². The molecule has 0 saturated heterocycles. The first-order valence-corrected chi connectivity index (χ1v) is 6.99. The van der Waals surface area contributed by atoms with E-state index in [9.17, 15) is 35.1 Å². The van der Waals surface area contributed by atoms with Gasteiger partial charge in [-0.25, -0.2) is 8.78 Å². The summed E-state index contributed by atoms with van der Waals surface area (Å²) in [7, 11) is 0. The second kappa shape index (κ2) is 6.00. The number of alkyl halides is 6. The van der Waals surface area contributed by atoms with Crippen molar-refractivity contribution in [2.45, 2.75) is 31.6 Å². The van der Waals surface area contributed by atoms with Crippen molar-refractivity contribution in [1.82, 2.24) is 0 Å². The summed E-state index contributed by atoms with van der Waals surface area (Å²) in [6, 6.07) is 3.01. The summed E-state index contributed by atoms with van der Waals surface area (Å²) < 4.78 is 110. The summed E-state index contributed by atoms with van der Waals surface area (Å²) in [5, 5.41) is 0. The van der Waals surface area contributed by atoms with E-state index in [0.29, 0.717) is 36.4 Å². The molecule has 8 heteroatoms. The highest BCUT2D eigenvalue weighted by Crippen LogP contribution is 2.56. The van der Waals surface area contributed by atoms with Gasteiger partial charge in [-0.1, -0.05) is 24.3 Å². The van der Waals surface area contributed by atoms with E-state index in [1.54, 1.807) is 0 Å². The van der Waals surface area contributed by atoms with Gasteiger partial charge in [-0.05, 0) is 48.2 Å². The molecule has 0 saturated carbocycles. The molecule has 0 aromatic heterocycles. The van der Waals surface area contributed by atoms with Crippen molar-refractivity contribution in [2.24, 2.45) is 0 Å². The van der Waals surface area contributed by atoms with Crippen LogP contribution in [0.3, 0.4) is 0 Å². The molecule has 0 bridgehead atoms. The molecule has 0 fully saturated rings. The highest BCUT2D eigenvalue weighted by atomic mass is 19.4. The molecule has 136 valence electrons. The van der Waals surface area contributed by atoms with Gasteiger partial charge in [0, 0.05) is 0 Å². The number of hydrogen-bond donors (Lipinski definition) is 0. The van der Waals surface area contributed by atoms with E-state index < -0.39 is 40.5 Å². The smallest absolute Gasteiger partial charge is 0.207 e. The van der Waals surface area contributed by atoms with Gasteiger partial charge in [0.2, 0.25) is 5.41 Å². The van der Waals surface area contributed by atoms with Crippen LogP contribution in [-0.4, -0.2) is 12.4 Å². The van der Waals surface area contributed by atoms with Crippen molar-refractivity contribution in [3.63, 3.8) is 0 Å². The lowest BCUT2D eigenvalue weighted by molar-refractivity contribution is -0.288. The SMILES string of the molecule is Cc1cc(C(c2ccc(F)c(C)c2)(C(F)(F)F)C(F)(F)F)ccc1F. The fourth-order valence-electron chi connectivity index (χ4n) is 2.74. The van der Waals surface area contributed by atoms with Crippen LogP contribution in [-0.2, 0) is 5.41 Å². The number of benzene rings is 2. The van der Waals surface area contributed by atoms with Gasteiger partial charge < -0.3 is 0 Å². The summed E-state index contributed by atoms with van der Waals surface area (Å²) in [6.07, 6.45) is -11.6. The van der Waals surface area contributed by atoms with Gasteiger partial charge in [0.1, 0.15) is 11.6 Å². The average Bonchev–Trinajstić information content (AvgIpc) is 2.44. The molecular weight excluding hydrogens is 356 g/mol. The summed E-state index contributed by atoms with van der Waals surface area (Å²) in [5.74, 6) is -1.87. The Hall–Kier alpha value is -2.12. The lowest BCUT2D eigenvalue weighted by Crippen LogP contribution is -2.54. The minimum atomic E-state index is -5.79. The molecule has 2 rings (SSSR count). The van der Waals surface area contributed by atoms with Crippen LogP contribution in [0.25, 0.3) is 0 Å². The second-order valence-corrected chi connectivity index (χ2v) is 5.67. The van der Waals surface area contributed by atoms with Crippen molar-refractivity contribution in [2.75, 3.05) is 0 Å². The zero-order chi connectivity index (χ0) is 19.2. The molecule has 0 nitrogen and oxygen atoms in total. The van der Waals surface area contributed by atoms with Crippen molar-refractivity contribution in [3.05, 3.63) is 70.3 Å². The molecule has 0 spiro atoms. The largest absolute Gasteiger partial charge is 0.411 e. The molecule has 25 heavy (non-hydrogen) atoms. The third kappa shape index (κ3) is 2.98. The molecule has 2 aromatic rings. The molecular formula is C17H12F8. The average molecular weight is 368 g/mol. The molecule has 0 amide bonds. The molecule has 0 heterocycles. The van der Waals surface area contributed by atoms with Crippen LogP contribution in [0.4, 0.5) is 35.1 Å². The maximum atomic E-state index is 13.8. The van der Waals surface area contributed by atoms with E-state index in [2.05, 4.69) is 0 Å². The first kappa shape index (κ1) is 19.2. The van der Waals surface area contributed by atoms with Gasteiger partial charge >= 0.3 is 12.4 Å². The number of halogens is 8. The summed E-state index contributed by atoms with van der Waals surface area (Å²) >= 11 is 0. The van der Waals surface area contributed by atoms with Crippen molar-refractivity contribution in [3.8, 4) is 0 Å². The Kier molecular flexibility index (Phi) is 4.61. The van der Waals surface area contributed by atoms with Gasteiger partial charge in [-0.15, -0.1) is 0 Å². The van der Waals surface area contributed by atoms with Gasteiger partial charge in [0.05, 0.1) is 0 Å². The predicted octanol–water partition coefficient (Wildman–Crippen LogP) is 5.99. The van der Waals surface area contributed by atoms with Crippen LogP contribution >= 0.6 is 0 Å². The fourth-order valence-corrected chi connectivity index (χ4v) is 2.74. The third-order valence-corrected chi connectivity index (χ3v) is 4.03. The molecule has 0 aliphatic heterocycles. The van der Waals surface area contributed by atoms with E-state index in [1.807, 2.05) is 0 Å². The standard InChI is InChI=1S/C17H12F8/c1-9-7-11(3-5-13(9)18)15(16(20,21)22,17(23,24)25)12-4-6-14(19)10(2)8-12/h3-8H,1-2H3. The number of aryl methyl sites for hydroxylation is 2. The molecule has 0 aliphatic carbocycles. The number of rotatable bonds is 2. The lowest BCUT2D eigenvalue weighted by atomic mass is 9.72. The maximum absolute atomic E-state index is 13.8. The maximum Gasteiger partial charge on any atom is 0.411 e. The van der Waals surface area contributed by atoms with Crippen LogP contribution in [0, 0.1) is 25.5 Å². The van der Waals surface area contributed by atoms with Crippen LogP contribution in [0.2, 0.25) is 0 Å². The first-order valence-electron chi connectivity index (χ1n) is 6.99. The van der Waals surface area contributed by atoms with Crippen LogP contribution in [0.15, 0.2) is 36.4 Å². The second-order valence-electron chi connectivity index (χ2n) is 5.67. The number of hydrogen-bond acceptors (Lipinski definition) is 0. The Morgan fingerprint density at radius 2 is 0.920 bits per heavy atom. The van der Waals surface area contributed by atoms with Crippen molar-refractivity contribution in [1.29, 1.82) is 0 Å². The van der Waals surface area contributed by atoms with Crippen LogP contribution in [0.5, 0.6) is 0 Å². The Morgan fingerprint density at radius 3 is 1.16 bits per heavy atom. The predicted molar refractivity (Wildman–Crippen MR) is 75.2 cm³/mol. The van der Waals surface area contributed by atoms with E-state index in [4.69, 9.17) is 0 Å². The lowest BCUT2D eigenvalue weighted by Gasteiger charge is -2.38. The topological polar surface area (TPSA) is 0 Å². The third-order valence-electron chi connectivity index (χ3n) is 4.03.